The Morgan fingerprint density at radius 2 is 1.80 bits per heavy atom. The lowest BCUT2D eigenvalue weighted by Gasteiger charge is -2.19. The summed E-state index contributed by atoms with van der Waals surface area (Å²) in [4.78, 5) is 4.71. The molecule has 0 amide bonds. The highest BCUT2D eigenvalue weighted by Crippen LogP contribution is 2.25. The van der Waals surface area contributed by atoms with E-state index in [1.54, 1.807) is 0 Å². The third kappa shape index (κ3) is 4.13. The van der Waals surface area contributed by atoms with E-state index >= 15 is 0 Å². The van der Waals surface area contributed by atoms with Crippen LogP contribution in [0.25, 0.3) is 11.0 Å². The number of nitrogens with zero attached hydrogens (tertiary/aromatic N) is 2. The fraction of sp³-hybridized carbons (Fsp3) is 0.286. The second kappa shape index (κ2) is 7.04. The van der Waals surface area contributed by atoms with Crippen molar-refractivity contribution in [1.29, 1.82) is 0 Å². The van der Waals surface area contributed by atoms with E-state index in [2.05, 4.69) is 66.0 Å². The van der Waals surface area contributed by atoms with Crippen LogP contribution in [-0.2, 0) is 18.6 Å². The average Bonchev–Trinajstić information content (AvgIpc) is 2.90. The summed E-state index contributed by atoms with van der Waals surface area (Å²) < 4.78 is 9.03. The molecule has 0 aliphatic carbocycles. The summed E-state index contributed by atoms with van der Waals surface area (Å²) in [5.41, 5.74) is 3.49. The standard InChI is InChI=1S/C21H23BrN2O/c1-15(22)13-24-19-8-6-5-7-18(19)23-20(24)14-25-17-11-9-16(10-12-17)21(2,3)4/h5-12H,1,13-14H2,2-4H3. The summed E-state index contributed by atoms with van der Waals surface area (Å²) in [6.07, 6.45) is 0. The van der Waals surface area contributed by atoms with Crippen LogP contribution in [0.1, 0.15) is 32.2 Å². The molecule has 3 rings (SSSR count). The van der Waals surface area contributed by atoms with Crippen LogP contribution in [0.15, 0.2) is 59.6 Å². The van der Waals surface area contributed by atoms with Gasteiger partial charge in [0, 0.05) is 4.48 Å². The van der Waals surface area contributed by atoms with Gasteiger partial charge in [-0.3, -0.25) is 0 Å². The van der Waals surface area contributed by atoms with Gasteiger partial charge in [0.05, 0.1) is 17.6 Å². The van der Waals surface area contributed by atoms with Crippen molar-refractivity contribution in [3.05, 3.63) is 71.0 Å². The second-order valence-corrected chi connectivity index (χ2v) is 8.30. The molecule has 0 fully saturated rings. The van der Waals surface area contributed by atoms with Crippen LogP contribution >= 0.6 is 15.9 Å². The molecule has 0 unspecified atom stereocenters. The van der Waals surface area contributed by atoms with Crippen molar-refractivity contribution in [1.82, 2.24) is 9.55 Å². The number of imidazole rings is 1. The molecule has 0 spiro atoms. The number of benzene rings is 2. The topological polar surface area (TPSA) is 27.1 Å². The highest BCUT2D eigenvalue weighted by molar-refractivity contribution is 9.11. The first-order chi connectivity index (χ1) is 11.8. The smallest absolute Gasteiger partial charge is 0.148 e. The fourth-order valence-electron chi connectivity index (χ4n) is 2.78. The molecule has 0 radical (unpaired) electrons. The summed E-state index contributed by atoms with van der Waals surface area (Å²) in [5.74, 6) is 1.74. The van der Waals surface area contributed by atoms with E-state index in [9.17, 15) is 0 Å². The quantitative estimate of drug-likeness (QED) is 0.541. The summed E-state index contributed by atoms with van der Waals surface area (Å²) >= 11 is 3.45. The molecule has 0 N–H and O–H groups in total. The van der Waals surface area contributed by atoms with Crippen LogP contribution in [0.3, 0.4) is 0 Å². The van der Waals surface area contributed by atoms with Crippen molar-refractivity contribution in [2.24, 2.45) is 0 Å². The largest absolute Gasteiger partial charge is 0.486 e. The Morgan fingerprint density at radius 1 is 1.12 bits per heavy atom. The van der Waals surface area contributed by atoms with Crippen LogP contribution < -0.4 is 4.74 Å². The molecular formula is C21H23BrN2O. The third-order valence-corrected chi connectivity index (χ3v) is 4.40. The molecule has 25 heavy (non-hydrogen) atoms. The van der Waals surface area contributed by atoms with Crippen LogP contribution in [0.4, 0.5) is 0 Å². The maximum Gasteiger partial charge on any atom is 0.148 e. The monoisotopic (exact) mass is 398 g/mol. The second-order valence-electron chi connectivity index (χ2n) is 7.18. The summed E-state index contributed by atoms with van der Waals surface area (Å²) in [7, 11) is 0. The van der Waals surface area contributed by atoms with Crippen molar-refractivity contribution in [3.63, 3.8) is 0 Å². The Balaban J connectivity index is 1.82. The number of aromatic nitrogens is 2. The van der Waals surface area contributed by atoms with Gasteiger partial charge in [-0.2, -0.15) is 0 Å². The molecule has 1 heterocycles. The van der Waals surface area contributed by atoms with Crippen LogP contribution in [0, 0.1) is 0 Å². The van der Waals surface area contributed by atoms with E-state index < -0.39 is 0 Å². The molecular weight excluding hydrogens is 376 g/mol. The third-order valence-electron chi connectivity index (χ3n) is 4.15. The number of fused-ring (bicyclic) bond motifs is 1. The van der Waals surface area contributed by atoms with E-state index in [0.717, 1.165) is 27.1 Å². The van der Waals surface area contributed by atoms with E-state index in [-0.39, 0.29) is 5.41 Å². The van der Waals surface area contributed by atoms with Gasteiger partial charge in [0.1, 0.15) is 18.2 Å². The summed E-state index contributed by atoms with van der Waals surface area (Å²) in [6.45, 7) is 11.7. The fourth-order valence-corrected chi connectivity index (χ4v) is 3.03. The van der Waals surface area contributed by atoms with Crippen molar-refractivity contribution in [2.75, 3.05) is 0 Å². The zero-order valence-electron chi connectivity index (χ0n) is 14.9. The lowest BCUT2D eigenvalue weighted by molar-refractivity contribution is 0.291. The molecule has 2 aromatic carbocycles. The number of ether oxygens (including phenoxy) is 1. The van der Waals surface area contributed by atoms with Gasteiger partial charge in [-0.05, 0) is 35.2 Å². The Hall–Kier alpha value is -2.07. The average molecular weight is 399 g/mol. The Kier molecular flexibility index (Phi) is 5.00. The normalized spacial score (nSPS) is 11.7. The van der Waals surface area contributed by atoms with Gasteiger partial charge in [0.15, 0.2) is 0 Å². The predicted octanol–water partition coefficient (Wildman–Crippen LogP) is 5.82. The highest BCUT2D eigenvalue weighted by Gasteiger charge is 2.14. The van der Waals surface area contributed by atoms with Gasteiger partial charge in [-0.1, -0.05) is 67.5 Å². The Labute approximate surface area is 157 Å². The Morgan fingerprint density at radius 3 is 2.44 bits per heavy atom. The minimum absolute atomic E-state index is 0.142. The first-order valence-electron chi connectivity index (χ1n) is 8.35. The van der Waals surface area contributed by atoms with Crippen LogP contribution in [-0.4, -0.2) is 9.55 Å². The van der Waals surface area contributed by atoms with Gasteiger partial charge in [0.25, 0.3) is 0 Å². The number of halogens is 1. The number of allylic oxidation sites excluding steroid dienone is 1. The van der Waals surface area contributed by atoms with E-state index in [4.69, 9.17) is 9.72 Å². The molecule has 0 saturated heterocycles. The summed E-state index contributed by atoms with van der Waals surface area (Å²) in [5, 5.41) is 0. The van der Waals surface area contributed by atoms with Gasteiger partial charge >= 0.3 is 0 Å². The maximum absolute atomic E-state index is 5.98. The van der Waals surface area contributed by atoms with E-state index in [1.807, 2.05) is 30.3 Å². The van der Waals surface area contributed by atoms with Crippen molar-refractivity contribution in [3.8, 4) is 5.75 Å². The van der Waals surface area contributed by atoms with E-state index in [0.29, 0.717) is 13.2 Å². The van der Waals surface area contributed by atoms with Gasteiger partial charge in [-0.25, -0.2) is 4.98 Å². The van der Waals surface area contributed by atoms with Crippen LogP contribution in [0.2, 0.25) is 0 Å². The van der Waals surface area contributed by atoms with Gasteiger partial charge in [-0.15, -0.1) is 0 Å². The number of rotatable bonds is 5. The Bertz CT molecular complexity index is 888. The zero-order valence-corrected chi connectivity index (χ0v) is 16.5. The molecule has 1 aromatic heterocycles. The molecule has 0 atom stereocenters. The first-order valence-corrected chi connectivity index (χ1v) is 9.14. The molecule has 0 aliphatic heterocycles. The lowest BCUT2D eigenvalue weighted by atomic mass is 9.87. The number of hydrogen-bond donors (Lipinski definition) is 0. The molecule has 3 nitrogen and oxygen atoms in total. The van der Waals surface area contributed by atoms with Crippen molar-refractivity contribution >= 4 is 27.0 Å². The molecule has 0 aliphatic rings. The number of hydrogen-bond acceptors (Lipinski definition) is 2. The lowest BCUT2D eigenvalue weighted by Crippen LogP contribution is -2.11. The molecule has 3 aromatic rings. The predicted molar refractivity (Wildman–Crippen MR) is 107 cm³/mol. The maximum atomic E-state index is 5.98. The number of para-hydroxylation sites is 2. The molecule has 4 heteroatoms. The molecule has 0 saturated carbocycles. The summed E-state index contributed by atoms with van der Waals surface area (Å²) in [6, 6.07) is 16.4. The van der Waals surface area contributed by atoms with Crippen molar-refractivity contribution < 1.29 is 4.74 Å². The molecule has 0 bridgehead atoms. The van der Waals surface area contributed by atoms with Crippen LogP contribution in [0.5, 0.6) is 5.75 Å². The van der Waals surface area contributed by atoms with Gasteiger partial charge in [0.2, 0.25) is 0 Å². The first kappa shape index (κ1) is 17.7. The molecule has 130 valence electrons. The van der Waals surface area contributed by atoms with E-state index in [1.165, 1.54) is 5.56 Å². The SMILES string of the molecule is C=C(Br)Cn1c(COc2ccc(C(C)(C)C)cc2)nc2ccccc21. The minimum atomic E-state index is 0.142. The highest BCUT2D eigenvalue weighted by atomic mass is 79.9. The van der Waals surface area contributed by atoms with Gasteiger partial charge < -0.3 is 9.30 Å². The minimum Gasteiger partial charge on any atom is -0.486 e. The zero-order chi connectivity index (χ0) is 18.0. The van der Waals surface area contributed by atoms with Crippen molar-refractivity contribution in [2.45, 2.75) is 39.3 Å².